The zero-order chi connectivity index (χ0) is 11.1. The number of nitrogens with zero attached hydrogens (tertiary/aromatic N) is 1. The van der Waals surface area contributed by atoms with Gasteiger partial charge in [-0.1, -0.05) is 12.1 Å². The van der Waals surface area contributed by atoms with E-state index in [4.69, 9.17) is 0 Å². The van der Waals surface area contributed by atoms with Gasteiger partial charge in [0.05, 0.1) is 12.1 Å². The second-order valence-electron chi connectivity index (χ2n) is 4.97. The van der Waals surface area contributed by atoms with E-state index in [1.807, 2.05) is 0 Å². The molecular weight excluding hydrogens is 184 g/mol. The predicted octanol–water partition coefficient (Wildman–Crippen LogP) is 3.19. The molecule has 0 saturated heterocycles. The van der Waals surface area contributed by atoms with E-state index in [1.54, 1.807) is 0 Å². The molecule has 82 valence electrons. The van der Waals surface area contributed by atoms with Crippen molar-refractivity contribution in [2.75, 3.05) is 12.0 Å². The molecule has 0 fully saturated rings. The molecular formula is C13H21N2+. The van der Waals surface area contributed by atoms with Crippen molar-refractivity contribution in [1.29, 1.82) is 0 Å². The van der Waals surface area contributed by atoms with Crippen LogP contribution in [0.25, 0.3) is 0 Å². The molecule has 15 heavy (non-hydrogen) atoms. The van der Waals surface area contributed by atoms with Crippen LogP contribution in [0.1, 0.15) is 27.7 Å². The Kier molecular flexibility index (Phi) is 2.47. The van der Waals surface area contributed by atoms with Gasteiger partial charge >= 0.3 is 0 Å². The van der Waals surface area contributed by atoms with Crippen LogP contribution in [0.3, 0.4) is 0 Å². The van der Waals surface area contributed by atoms with Gasteiger partial charge in [-0.2, -0.15) is 0 Å². The second-order valence-corrected chi connectivity index (χ2v) is 4.97. The monoisotopic (exact) mass is 205 g/mol. The van der Waals surface area contributed by atoms with Crippen LogP contribution in [0.2, 0.25) is 0 Å². The normalized spacial score (nSPS) is 18.0. The topological polar surface area (TPSA) is 12.0 Å². The largest absolute Gasteiger partial charge is 0.334 e. The smallest absolute Gasteiger partial charge is 0.158 e. The number of benzene rings is 1. The van der Waals surface area contributed by atoms with E-state index in [-0.39, 0.29) is 0 Å². The van der Waals surface area contributed by atoms with Gasteiger partial charge < -0.3 is 5.32 Å². The second kappa shape index (κ2) is 3.53. The van der Waals surface area contributed by atoms with E-state index in [1.165, 1.54) is 11.4 Å². The number of fused-ring (bicyclic) bond motifs is 1. The summed E-state index contributed by atoms with van der Waals surface area (Å²) < 4.78 is 1.05. The maximum Gasteiger partial charge on any atom is 0.158 e. The first kappa shape index (κ1) is 10.5. The molecule has 0 atom stereocenters. The fourth-order valence-corrected chi connectivity index (χ4v) is 2.81. The van der Waals surface area contributed by atoms with Crippen LogP contribution < -0.4 is 9.80 Å². The lowest BCUT2D eigenvalue weighted by atomic mass is 10.1. The minimum atomic E-state index is 0.612. The van der Waals surface area contributed by atoms with Crippen LogP contribution in [0.4, 0.5) is 11.4 Å². The summed E-state index contributed by atoms with van der Waals surface area (Å²) in [6.45, 7) is 10.3. The van der Waals surface area contributed by atoms with Crippen LogP contribution in [-0.4, -0.2) is 18.8 Å². The summed E-state index contributed by atoms with van der Waals surface area (Å²) in [6.07, 6.45) is 0. The fraction of sp³-hybridized carbons (Fsp3) is 0.538. The van der Waals surface area contributed by atoms with E-state index in [0.717, 1.165) is 11.2 Å². The van der Waals surface area contributed by atoms with E-state index in [2.05, 4.69) is 57.3 Å². The molecule has 1 aromatic rings. The van der Waals surface area contributed by atoms with Gasteiger partial charge in [-0.15, -0.1) is 0 Å². The first-order chi connectivity index (χ1) is 7.09. The first-order valence-corrected chi connectivity index (χ1v) is 5.80. The predicted molar refractivity (Wildman–Crippen MR) is 67.0 cm³/mol. The van der Waals surface area contributed by atoms with Crippen molar-refractivity contribution in [2.24, 2.45) is 0 Å². The maximum absolute atomic E-state index is 3.53. The highest BCUT2D eigenvalue weighted by Crippen LogP contribution is 2.40. The average Bonchev–Trinajstić information content (AvgIpc) is 2.57. The third kappa shape index (κ3) is 1.36. The van der Waals surface area contributed by atoms with Crippen LogP contribution in [0, 0.1) is 0 Å². The molecule has 1 aromatic carbocycles. The van der Waals surface area contributed by atoms with Crippen molar-refractivity contribution in [3.05, 3.63) is 24.3 Å². The molecule has 0 unspecified atom stereocenters. The highest BCUT2D eigenvalue weighted by molar-refractivity contribution is 5.72. The molecule has 0 amide bonds. The van der Waals surface area contributed by atoms with Crippen molar-refractivity contribution < 1.29 is 0 Å². The number of anilines is 1. The van der Waals surface area contributed by atoms with E-state index >= 15 is 0 Å². The lowest BCUT2D eigenvalue weighted by Gasteiger charge is -2.41. The van der Waals surface area contributed by atoms with Crippen molar-refractivity contribution in [1.82, 2.24) is 4.48 Å². The van der Waals surface area contributed by atoms with E-state index in [9.17, 15) is 0 Å². The number of hydrogen-bond donors (Lipinski definition) is 1. The molecule has 1 aliphatic rings. The molecule has 2 nitrogen and oxygen atoms in total. The zero-order valence-electron chi connectivity index (χ0n) is 10.1. The molecule has 1 N–H and O–H groups in total. The molecule has 1 heterocycles. The molecule has 0 saturated carbocycles. The minimum Gasteiger partial charge on any atom is -0.334 e. The number of quaternary nitrogens is 1. The Bertz CT molecular complexity index is 347. The summed E-state index contributed by atoms with van der Waals surface area (Å²) in [5, 5.41) is 3.53. The third-order valence-corrected chi connectivity index (χ3v) is 3.73. The van der Waals surface area contributed by atoms with Gasteiger partial charge in [0.15, 0.2) is 12.4 Å². The Morgan fingerprint density at radius 3 is 2.27 bits per heavy atom. The maximum atomic E-state index is 3.53. The Hall–Kier alpha value is -1.02. The van der Waals surface area contributed by atoms with Crippen molar-refractivity contribution >= 4 is 11.4 Å². The quantitative estimate of drug-likeness (QED) is 0.731. The Morgan fingerprint density at radius 1 is 1.07 bits per heavy atom. The molecule has 0 aromatic heterocycles. The number of rotatable bonds is 2. The Labute approximate surface area is 92.5 Å². The molecule has 0 spiro atoms. The lowest BCUT2D eigenvalue weighted by molar-refractivity contribution is 0.201. The standard InChI is InChI=1S/C13H21N2/c1-10(2)15(11(3)4)9-14-12-7-5-6-8-13(12)15/h5-8,10-11,14H,9H2,1-4H3/q+1. The summed E-state index contributed by atoms with van der Waals surface area (Å²) >= 11 is 0. The first-order valence-electron chi connectivity index (χ1n) is 5.80. The summed E-state index contributed by atoms with van der Waals surface area (Å²) in [6, 6.07) is 9.91. The molecule has 0 radical (unpaired) electrons. The van der Waals surface area contributed by atoms with Gasteiger partial charge in [-0.05, 0) is 33.8 Å². The van der Waals surface area contributed by atoms with Gasteiger partial charge in [-0.25, -0.2) is 0 Å². The summed E-state index contributed by atoms with van der Waals surface area (Å²) in [5.74, 6) is 0. The third-order valence-electron chi connectivity index (χ3n) is 3.73. The van der Waals surface area contributed by atoms with Crippen LogP contribution in [-0.2, 0) is 0 Å². The van der Waals surface area contributed by atoms with Gasteiger partial charge in [-0.3, -0.25) is 4.48 Å². The molecule has 0 bridgehead atoms. The Morgan fingerprint density at radius 2 is 1.67 bits per heavy atom. The summed E-state index contributed by atoms with van der Waals surface area (Å²) in [5.41, 5.74) is 2.75. The highest BCUT2D eigenvalue weighted by atomic mass is 15.5. The van der Waals surface area contributed by atoms with E-state index in [0.29, 0.717) is 12.1 Å². The van der Waals surface area contributed by atoms with Gasteiger partial charge in [0.2, 0.25) is 0 Å². The molecule has 2 rings (SSSR count). The van der Waals surface area contributed by atoms with Gasteiger partial charge in [0, 0.05) is 6.07 Å². The van der Waals surface area contributed by atoms with Gasteiger partial charge in [0.1, 0.15) is 5.69 Å². The van der Waals surface area contributed by atoms with Crippen LogP contribution in [0.15, 0.2) is 24.3 Å². The Balaban J connectivity index is 2.54. The molecule has 0 aliphatic carbocycles. The fourth-order valence-electron chi connectivity index (χ4n) is 2.81. The average molecular weight is 205 g/mol. The van der Waals surface area contributed by atoms with Crippen molar-refractivity contribution in [3.63, 3.8) is 0 Å². The van der Waals surface area contributed by atoms with Crippen LogP contribution >= 0.6 is 0 Å². The molecule has 1 aliphatic heterocycles. The van der Waals surface area contributed by atoms with Crippen molar-refractivity contribution in [3.8, 4) is 0 Å². The summed E-state index contributed by atoms with van der Waals surface area (Å²) in [7, 11) is 0. The SMILES string of the molecule is CC(C)[N+]1(C(C)C)CNc2ccccc21. The number of nitrogens with one attached hydrogen (secondary N) is 1. The summed E-state index contributed by atoms with van der Waals surface area (Å²) in [4.78, 5) is 0. The molecule has 2 heteroatoms. The van der Waals surface area contributed by atoms with Crippen molar-refractivity contribution in [2.45, 2.75) is 39.8 Å². The lowest BCUT2D eigenvalue weighted by Crippen LogP contribution is -2.58. The van der Waals surface area contributed by atoms with Gasteiger partial charge in [0.25, 0.3) is 0 Å². The minimum absolute atomic E-state index is 0.612. The number of hydrogen-bond acceptors (Lipinski definition) is 1. The van der Waals surface area contributed by atoms with Crippen LogP contribution in [0.5, 0.6) is 0 Å². The number of para-hydroxylation sites is 2. The highest BCUT2D eigenvalue weighted by Gasteiger charge is 2.43. The van der Waals surface area contributed by atoms with E-state index < -0.39 is 0 Å². The zero-order valence-corrected chi connectivity index (χ0v) is 10.1.